The number of pyridine rings is 1. The first-order chi connectivity index (χ1) is 12.3. The summed E-state index contributed by atoms with van der Waals surface area (Å²) < 4.78 is 0. The molecule has 138 valence electrons. The average Bonchev–Trinajstić information content (AvgIpc) is 3.17. The molecule has 1 unspecified atom stereocenters. The molecule has 5 heteroatoms. The van der Waals surface area contributed by atoms with Crippen LogP contribution >= 0.6 is 0 Å². The van der Waals surface area contributed by atoms with Crippen LogP contribution in [0.4, 0.5) is 5.82 Å². The van der Waals surface area contributed by atoms with Gasteiger partial charge in [0, 0.05) is 31.4 Å². The zero-order valence-electron chi connectivity index (χ0n) is 15.5. The molecule has 3 rings (SSSR count). The van der Waals surface area contributed by atoms with Gasteiger partial charge < -0.3 is 10.6 Å². The summed E-state index contributed by atoms with van der Waals surface area (Å²) >= 11 is 0. The number of amides is 1. The van der Waals surface area contributed by atoms with Crippen LogP contribution in [-0.2, 0) is 0 Å². The minimum Gasteiger partial charge on any atom is -0.370 e. The van der Waals surface area contributed by atoms with Crippen LogP contribution in [0.2, 0.25) is 0 Å². The fourth-order valence-electron chi connectivity index (χ4n) is 4.31. The van der Waals surface area contributed by atoms with Crippen molar-refractivity contribution in [3.63, 3.8) is 0 Å². The first-order valence-electron chi connectivity index (χ1n) is 10.0. The van der Waals surface area contributed by atoms with E-state index in [1.54, 1.807) is 6.20 Å². The van der Waals surface area contributed by atoms with Crippen molar-refractivity contribution >= 4 is 11.7 Å². The molecule has 5 nitrogen and oxygen atoms in total. The molecule has 1 aromatic heterocycles. The lowest BCUT2D eigenvalue weighted by Crippen LogP contribution is -2.45. The van der Waals surface area contributed by atoms with E-state index in [1.807, 2.05) is 19.1 Å². The predicted octanol–water partition coefficient (Wildman–Crippen LogP) is 3.43. The molecule has 1 saturated carbocycles. The maximum absolute atomic E-state index is 11.8. The van der Waals surface area contributed by atoms with Crippen LogP contribution < -0.4 is 10.6 Å². The molecule has 0 radical (unpaired) electrons. The highest BCUT2D eigenvalue weighted by Crippen LogP contribution is 2.30. The van der Waals surface area contributed by atoms with E-state index < -0.39 is 0 Å². The maximum atomic E-state index is 11.8. The minimum atomic E-state index is -0.0593. The van der Waals surface area contributed by atoms with Gasteiger partial charge in [0.05, 0.1) is 5.56 Å². The van der Waals surface area contributed by atoms with Crippen molar-refractivity contribution in [1.29, 1.82) is 0 Å². The smallest absolute Gasteiger partial charge is 0.252 e. The quantitative estimate of drug-likeness (QED) is 0.796. The predicted molar refractivity (Wildman–Crippen MR) is 102 cm³/mol. The number of piperidine rings is 1. The van der Waals surface area contributed by atoms with Gasteiger partial charge in [0.15, 0.2) is 0 Å². The second-order valence-electron chi connectivity index (χ2n) is 7.33. The van der Waals surface area contributed by atoms with E-state index in [9.17, 15) is 4.79 Å². The lowest BCUT2D eigenvalue weighted by atomic mass is 9.96. The number of carbonyl (C=O) groups excluding carboxylic acids is 1. The number of nitrogens with zero attached hydrogens (tertiary/aromatic N) is 2. The van der Waals surface area contributed by atoms with E-state index in [4.69, 9.17) is 0 Å². The molecule has 1 amide bonds. The first-order valence-corrected chi connectivity index (χ1v) is 10.0. The topological polar surface area (TPSA) is 57.3 Å². The second kappa shape index (κ2) is 9.18. The van der Waals surface area contributed by atoms with Crippen molar-refractivity contribution < 1.29 is 4.79 Å². The third-order valence-corrected chi connectivity index (χ3v) is 5.61. The number of carbonyl (C=O) groups is 1. The van der Waals surface area contributed by atoms with Crippen LogP contribution in [0.1, 0.15) is 68.6 Å². The Bertz CT molecular complexity index is 539. The Kier molecular flexibility index (Phi) is 6.68. The van der Waals surface area contributed by atoms with E-state index in [2.05, 4.69) is 20.5 Å². The molecular formula is C20H32N4O. The summed E-state index contributed by atoms with van der Waals surface area (Å²) in [5.74, 6) is 0.798. The lowest BCUT2D eigenvalue weighted by molar-refractivity contribution is 0.0933. The van der Waals surface area contributed by atoms with Crippen LogP contribution in [0.15, 0.2) is 18.3 Å². The Morgan fingerprint density at radius 3 is 2.72 bits per heavy atom. The molecule has 2 aliphatic rings. The molecule has 1 aliphatic carbocycles. The second-order valence-corrected chi connectivity index (χ2v) is 7.33. The Labute approximate surface area is 151 Å². The molecule has 0 aromatic carbocycles. The molecule has 1 aliphatic heterocycles. The number of hydrogen-bond donors (Lipinski definition) is 2. The van der Waals surface area contributed by atoms with E-state index in [0.717, 1.165) is 24.4 Å². The van der Waals surface area contributed by atoms with Crippen molar-refractivity contribution in [2.24, 2.45) is 0 Å². The number of likely N-dealkylation sites (tertiary alicyclic amines) is 1. The molecule has 0 bridgehead atoms. The van der Waals surface area contributed by atoms with Gasteiger partial charge in [0.2, 0.25) is 0 Å². The first kappa shape index (κ1) is 18.2. The van der Waals surface area contributed by atoms with Gasteiger partial charge in [-0.15, -0.1) is 0 Å². The average molecular weight is 345 g/mol. The molecular weight excluding hydrogens is 312 g/mol. The molecule has 2 N–H and O–H groups in total. The fourth-order valence-corrected chi connectivity index (χ4v) is 4.31. The number of hydrogen-bond acceptors (Lipinski definition) is 4. The van der Waals surface area contributed by atoms with Crippen LogP contribution in [0.5, 0.6) is 0 Å². The highest BCUT2D eigenvalue weighted by Gasteiger charge is 2.30. The summed E-state index contributed by atoms with van der Waals surface area (Å²) in [5, 5.41) is 6.23. The van der Waals surface area contributed by atoms with Crippen LogP contribution in [0.25, 0.3) is 0 Å². The van der Waals surface area contributed by atoms with Crippen molar-refractivity contribution in [2.75, 3.05) is 25.0 Å². The summed E-state index contributed by atoms with van der Waals surface area (Å²) in [6.07, 6.45) is 12.5. The van der Waals surface area contributed by atoms with Gasteiger partial charge in [-0.3, -0.25) is 9.69 Å². The van der Waals surface area contributed by atoms with Gasteiger partial charge >= 0.3 is 0 Å². The Morgan fingerprint density at radius 2 is 2.00 bits per heavy atom. The highest BCUT2D eigenvalue weighted by atomic mass is 16.1. The van der Waals surface area contributed by atoms with Crippen molar-refractivity contribution in [3.05, 3.63) is 23.9 Å². The standard InChI is InChI=1S/C20H32N4O/c1-2-21-20(25)16-10-11-19(23-15-16)22-13-12-18-9-5-6-14-24(18)17-7-3-4-8-17/h10-11,15,17-18H,2-9,12-14H2,1H3,(H,21,25)(H,22,23). The number of nitrogens with one attached hydrogen (secondary N) is 2. The fraction of sp³-hybridized carbons (Fsp3) is 0.700. The maximum Gasteiger partial charge on any atom is 0.252 e. The van der Waals surface area contributed by atoms with Crippen molar-refractivity contribution in [3.8, 4) is 0 Å². The highest BCUT2D eigenvalue weighted by molar-refractivity contribution is 5.93. The molecule has 25 heavy (non-hydrogen) atoms. The van der Waals surface area contributed by atoms with Gasteiger partial charge in [-0.1, -0.05) is 19.3 Å². The summed E-state index contributed by atoms with van der Waals surface area (Å²) in [5.41, 5.74) is 0.618. The van der Waals surface area contributed by atoms with E-state index in [0.29, 0.717) is 12.1 Å². The number of anilines is 1. The molecule has 1 aromatic rings. The molecule has 1 saturated heterocycles. The van der Waals surface area contributed by atoms with Gasteiger partial charge in [0.25, 0.3) is 5.91 Å². The van der Waals surface area contributed by atoms with Crippen LogP contribution in [0, 0.1) is 0 Å². The van der Waals surface area contributed by atoms with Crippen LogP contribution in [-0.4, -0.2) is 47.5 Å². The zero-order valence-corrected chi connectivity index (χ0v) is 15.5. The Hall–Kier alpha value is -1.62. The van der Waals surface area contributed by atoms with E-state index in [1.165, 1.54) is 57.9 Å². The van der Waals surface area contributed by atoms with E-state index >= 15 is 0 Å². The van der Waals surface area contributed by atoms with Crippen molar-refractivity contribution in [1.82, 2.24) is 15.2 Å². The van der Waals surface area contributed by atoms with Crippen molar-refractivity contribution in [2.45, 2.75) is 70.4 Å². The molecule has 2 fully saturated rings. The summed E-state index contributed by atoms with van der Waals surface area (Å²) in [6, 6.07) is 5.30. The number of rotatable bonds is 7. The minimum absolute atomic E-state index is 0.0593. The normalized spacial score (nSPS) is 22.0. The molecule has 0 spiro atoms. The van der Waals surface area contributed by atoms with Gasteiger partial charge in [-0.05, 0) is 57.7 Å². The largest absolute Gasteiger partial charge is 0.370 e. The number of aromatic nitrogens is 1. The van der Waals surface area contributed by atoms with Gasteiger partial charge in [-0.2, -0.15) is 0 Å². The molecule has 2 heterocycles. The lowest BCUT2D eigenvalue weighted by Gasteiger charge is -2.40. The van der Waals surface area contributed by atoms with Gasteiger partial charge in [0.1, 0.15) is 5.82 Å². The zero-order chi connectivity index (χ0) is 17.5. The summed E-state index contributed by atoms with van der Waals surface area (Å²) in [7, 11) is 0. The third-order valence-electron chi connectivity index (χ3n) is 5.61. The van der Waals surface area contributed by atoms with Gasteiger partial charge in [-0.25, -0.2) is 4.98 Å². The summed E-state index contributed by atoms with van der Waals surface area (Å²) in [6.45, 7) is 4.79. The Morgan fingerprint density at radius 1 is 1.20 bits per heavy atom. The third kappa shape index (κ3) is 4.94. The Balaban J connectivity index is 1.47. The monoisotopic (exact) mass is 344 g/mol. The van der Waals surface area contributed by atoms with Crippen LogP contribution in [0.3, 0.4) is 0 Å². The molecule has 1 atom stereocenters. The van der Waals surface area contributed by atoms with E-state index in [-0.39, 0.29) is 5.91 Å². The SMILES string of the molecule is CCNC(=O)c1ccc(NCCC2CCCCN2C2CCCC2)nc1. The summed E-state index contributed by atoms with van der Waals surface area (Å²) in [4.78, 5) is 18.9.